The molecule has 116 valence electrons. The van der Waals surface area contributed by atoms with Crippen molar-refractivity contribution in [3.63, 3.8) is 0 Å². The van der Waals surface area contributed by atoms with Gasteiger partial charge in [0.15, 0.2) is 0 Å². The predicted molar refractivity (Wildman–Crippen MR) is 82.7 cm³/mol. The summed E-state index contributed by atoms with van der Waals surface area (Å²) in [7, 11) is 0. The number of carbonyl (C=O) groups excluding carboxylic acids is 1. The molecule has 1 heterocycles. The summed E-state index contributed by atoms with van der Waals surface area (Å²) in [4.78, 5) is 22.2. The summed E-state index contributed by atoms with van der Waals surface area (Å²) in [6, 6.07) is 0.442. The molecule has 0 unspecified atom stereocenters. The lowest BCUT2D eigenvalue weighted by Gasteiger charge is -2.26. The number of carbonyl (C=O) groups is 1. The minimum Gasteiger partial charge on any atom is -0.369 e. The minimum absolute atomic E-state index is 0.281. The normalized spacial score (nSPS) is 15.5. The van der Waals surface area contributed by atoms with Gasteiger partial charge in [0.1, 0.15) is 5.82 Å². The molecule has 1 aliphatic rings. The van der Waals surface area contributed by atoms with Gasteiger partial charge in [0, 0.05) is 19.1 Å². The molecule has 0 aliphatic heterocycles. The van der Waals surface area contributed by atoms with E-state index in [0.717, 1.165) is 37.3 Å². The van der Waals surface area contributed by atoms with Gasteiger partial charge in [0.05, 0.1) is 24.6 Å². The third kappa shape index (κ3) is 4.97. The zero-order chi connectivity index (χ0) is 15.1. The Labute approximate surface area is 126 Å². The second-order valence-electron chi connectivity index (χ2n) is 5.63. The molecule has 0 saturated heterocycles. The Balaban J connectivity index is 1.96. The van der Waals surface area contributed by atoms with E-state index in [0.29, 0.717) is 19.1 Å². The van der Waals surface area contributed by atoms with E-state index in [2.05, 4.69) is 27.1 Å². The summed E-state index contributed by atoms with van der Waals surface area (Å²) in [6.45, 7) is 3.93. The smallest absolute Gasteiger partial charge is 0.231 e. The first-order valence-electron chi connectivity index (χ1n) is 7.76. The van der Waals surface area contributed by atoms with Crippen LogP contribution in [0.3, 0.4) is 0 Å². The first-order chi connectivity index (χ1) is 10.2. The van der Waals surface area contributed by atoms with E-state index < -0.39 is 0 Å². The van der Waals surface area contributed by atoms with Gasteiger partial charge in [-0.1, -0.05) is 19.8 Å². The van der Waals surface area contributed by atoms with E-state index in [1.807, 2.05) is 0 Å². The van der Waals surface area contributed by atoms with Crippen molar-refractivity contribution < 1.29 is 4.79 Å². The van der Waals surface area contributed by atoms with Crippen LogP contribution in [-0.4, -0.2) is 39.9 Å². The molecule has 3 N–H and O–H groups in total. The second kappa shape index (κ2) is 7.93. The third-order valence-corrected chi connectivity index (χ3v) is 3.83. The molecule has 1 saturated carbocycles. The van der Waals surface area contributed by atoms with Crippen molar-refractivity contribution in [3.05, 3.63) is 18.1 Å². The lowest BCUT2D eigenvalue weighted by atomic mass is 10.2. The SMILES string of the molecule is CCCNc1cnc(CN(CC(N)=O)C2CCCC2)cn1. The highest BCUT2D eigenvalue weighted by Gasteiger charge is 2.24. The number of primary amides is 1. The number of nitrogens with zero attached hydrogens (tertiary/aromatic N) is 3. The maximum absolute atomic E-state index is 11.3. The van der Waals surface area contributed by atoms with E-state index in [1.165, 1.54) is 12.8 Å². The maximum Gasteiger partial charge on any atom is 0.231 e. The summed E-state index contributed by atoms with van der Waals surface area (Å²) in [5.74, 6) is 0.513. The Bertz CT molecular complexity index is 442. The largest absolute Gasteiger partial charge is 0.369 e. The molecule has 1 fully saturated rings. The van der Waals surface area contributed by atoms with Gasteiger partial charge in [-0.25, -0.2) is 4.98 Å². The van der Waals surface area contributed by atoms with Gasteiger partial charge < -0.3 is 11.1 Å². The number of rotatable bonds is 8. The van der Waals surface area contributed by atoms with Gasteiger partial charge in [0.2, 0.25) is 5.91 Å². The minimum atomic E-state index is -0.281. The van der Waals surface area contributed by atoms with Crippen LogP contribution in [-0.2, 0) is 11.3 Å². The summed E-state index contributed by atoms with van der Waals surface area (Å²) >= 11 is 0. The molecule has 0 atom stereocenters. The van der Waals surface area contributed by atoms with E-state index in [-0.39, 0.29) is 5.91 Å². The monoisotopic (exact) mass is 291 g/mol. The van der Waals surface area contributed by atoms with Crippen LogP contribution < -0.4 is 11.1 Å². The number of nitrogens with two attached hydrogens (primary N) is 1. The average Bonchev–Trinajstić information content (AvgIpc) is 2.99. The molecule has 21 heavy (non-hydrogen) atoms. The van der Waals surface area contributed by atoms with Gasteiger partial charge in [-0.2, -0.15) is 0 Å². The number of amides is 1. The van der Waals surface area contributed by atoms with Crippen LogP contribution in [0, 0.1) is 0 Å². The van der Waals surface area contributed by atoms with E-state index in [4.69, 9.17) is 5.73 Å². The van der Waals surface area contributed by atoms with Crippen LogP contribution in [0.2, 0.25) is 0 Å². The topological polar surface area (TPSA) is 84.1 Å². The van der Waals surface area contributed by atoms with E-state index >= 15 is 0 Å². The molecule has 6 nitrogen and oxygen atoms in total. The lowest BCUT2D eigenvalue weighted by molar-refractivity contribution is -0.119. The van der Waals surface area contributed by atoms with Crippen molar-refractivity contribution in [2.24, 2.45) is 5.73 Å². The molecule has 1 amide bonds. The van der Waals surface area contributed by atoms with Crippen molar-refractivity contribution in [2.75, 3.05) is 18.4 Å². The fourth-order valence-corrected chi connectivity index (χ4v) is 2.77. The molecule has 1 aromatic rings. The molecule has 6 heteroatoms. The fraction of sp³-hybridized carbons (Fsp3) is 0.667. The summed E-state index contributed by atoms with van der Waals surface area (Å²) in [6.07, 6.45) is 9.31. The van der Waals surface area contributed by atoms with Crippen LogP contribution in [0.1, 0.15) is 44.7 Å². The molecule has 2 rings (SSSR count). The Morgan fingerprint density at radius 2 is 2.14 bits per heavy atom. The molecule has 0 bridgehead atoms. The maximum atomic E-state index is 11.3. The zero-order valence-electron chi connectivity index (χ0n) is 12.7. The van der Waals surface area contributed by atoms with Crippen LogP contribution in [0.5, 0.6) is 0 Å². The highest BCUT2D eigenvalue weighted by atomic mass is 16.1. The first kappa shape index (κ1) is 15.7. The highest BCUT2D eigenvalue weighted by molar-refractivity contribution is 5.75. The standard InChI is InChI=1S/C15H25N5O/c1-2-7-17-15-9-18-12(8-19-15)10-20(11-14(16)21)13-5-3-4-6-13/h8-9,13H,2-7,10-11H2,1H3,(H2,16,21)(H,17,19). The number of hydrogen-bond acceptors (Lipinski definition) is 5. The van der Waals surface area contributed by atoms with Crippen molar-refractivity contribution in [1.82, 2.24) is 14.9 Å². The molecule has 1 aromatic heterocycles. The summed E-state index contributed by atoms with van der Waals surface area (Å²) in [5.41, 5.74) is 6.25. The number of aromatic nitrogens is 2. The van der Waals surface area contributed by atoms with E-state index in [9.17, 15) is 4.79 Å². The van der Waals surface area contributed by atoms with Crippen molar-refractivity contribution in [3.8, 4) is 0 Å². The van der Waals surface area contributed by atoms with Crippen LogP contribution >= 0.6 is 0 Å². The molecule has 0 spiro atoms. The van der Waals surface area contributed by atoms with Gasteiger partial charge in [0.25, 0.3) is 0 Å². The van der Waals surface area contributed by atoms with Gasteiger partial charge in [-0.15, -0.1) is 0 Å². The summed E-state index contributed by atoms with van der Waals surface area (Å²) in [5, 5.41) is 3.20. The van der Waals surface area contributed by atoms with Gasteiger partial charge >= 0.3 is 0 Å². The Morgan fingerprint density at radius 3 is 2.71 bits per heavy atom. The lowest BCUT2D eigenvalue weighted by Crippen LogP contribution is -2.39. The third-order valence-electron chi connectivity index (χ3n) is 3.83. The zero-order valence-corrected chi connectivity index (χ0v) is 12.7. The Hall–Kier alpha value is -1.69. The number of hydrogen-bond donors (Lipinski definition) is 2. The summed E-state index contributed by atoms with van der Waals surface area (Å²) < 4.78 is 0. The molecular weight excluding hydrogens is 266 g/mol. The molecule has 0 radical (unpaired) electrons. The molecule has 0 aromatic carbocycles. The Morgan fingerprint density at radius 1 is 1.38 bits per heavy atom. The number of anilines is 1. The van der Waals surface area contributed by atoms with Gasteiger partial charge in [-0.3, -0.25) is 14.7 Å². The van der Waals surface area contributed by atoms with Crippen molar-refractivity contribution >= 4 is 11.7 Å². The average molecular weight is 291 g/mol. The molecule has 1 aliphatic carbocycles. The predicted octanol–water partition coefficient (Wildman–Crippen LogP) is 1.53. The van der Waals surface area contributed by atoms with Gasteiger partial charge in [-0.05, 0) is 19.3 Å². The van der Waals surface area contributed by atoms with Crippen molar-refractivity contribution in [2.45, 2.75) is 51.6 Å². The van der Waals surface area contributed by atoms with Crippen molar-refractivity contribution in [1.29, 1.82) is 0 Å². The van der Waals surface area contributed by atoms with Crippen LogP contribution in [0.15, 0.2) is 12.4 Å². The Kier molecular flexibility index (Phi) is 5.92. The molecular formula is C15H25N5O. The number of nitrogens with one attached hydrogen (secondary N) is 1. The van der Waals surface area contributed by atoms with Crippen LogP contribution in [0.25, 0.3) is 0 Å². The van der Waals surface area contributed by atoms with E-state index in [1.54, 1.807) is 12.4 Å². The fourth-order valence-electron chi connectivity index (χ4n) is 2.77. The van der Waals surface area contributed by atoms with Crippen LogP contribution in [0.4, 0.5) is 5.82 Å². The quantitative estimate of drug-likeness (QED) is 0.759. The second-order valence-corrected chi connectivity index (χ2v) is 5.63. The highest BCUT2D eigenvalue weighted by Crippen LogP contribution is 2.24. The first-order valence-corrected chi connectivity index (χ1v) is 7.76.